The summed E-state index contributed by atoms with van der Waals surface area (Å²) in [4.78, 5) is 2.45. The third kappa shape index (κ3) is 2.96. The van der Waals surface area contributed by atoms with E-state index >= 15 is 0 Å². The van der Waals surface area contributed by atoms with Crippen molar-refractivity contribution in [3.8, 4) is 5.75 Å². The number of halogens is 1. The molecule has 1 saturated heterocycles. The zero-order valence-electron chi connectivity index (χ0n) is 11.4. The number of benzene rings is 1. The molecule has 0 aliphatic carbocycles. The summed E-state index contributed by atoms with van der Waals surface area (Å²) in [5, 5.41) is 3.48. The van der Waals surface area contributed by atoms with Crippen LogP contribution in [0.3, 0.4) is 0 Å². The van der Waals surface area contributed by atoms with Crippen molar-refractivity contribution in [1.29, 1.82) is 0 Å². The molecular weight excluding hydrogens is 304 g/mol. The minimum Gasteiger partial charge on any atom is -0.493 e. The number of likely N-dealkylation sites (N-methyl/N-ethyl adjacent to an activating group) is 1. The van der Waals surface area contributed by atoms with E-state index in [0.29, 0.717) is 6.04 Å². The minimum atomic E-state index is 0.643. The lowest BCUT2D eigenvalue weighted by atomic mass is 10.0. The van der Waals surface area contributed by atoms with Crippen molar-refractivity contribution in [3.05, 3.63) is 27.7 Å². The quantitative estimate of drug-likeness (QED) is 0.924. The Morgan fingerprint density at radius 2 is 2.37 bits per heavy atom. The van der Waals surface area contributed by atoms with Gasteiger partial charge < -0.3 is 10.1 Å². The van der Waals surface area contributed by atoms with Gasteiger partial charge in [-0.05, 0) is 44.1 Å². The maximum absolute atomic E-state index is 5.81. The molecule has 0 amide bonds. The lowest BCUT2D eigenvalue weighted by Gasteiger charge is -2.32. The molecule has 4 heteroatoms. The number of rotatable bonds is 3. The smallest absolute Gasteiger partial charge is 0.127 e. The van der Waals surface area contributed by atoms with Crippen LogP contribution in [0.15, 0.2) is 16.6 Å². The van der Waals surface area contributed by atoms with Gasteiger partial charge in [0.2, 0.25) is 0 Å². The SMILES string of the molecule is CN(Cc1cc(Br)cc2c1OCC2)C1CCCNC1. The van der Waals surface area contributed by atoms with Gasteiger partial charge >= 0.3 is 0 Å². The molecule has 1 atom stereocenters. The van der Waals surface area contributed by atoms with E-state index in [9.17, 15) is 0 Å². The molecule has 3 rings (SSSR count). The van der Waals surface area contributed by atoms with E-state index in [2.05, 4.69) is 45.3 Å². The third-order valence-corrected chi connectivity index (χ3v) is 4.60. The lowest BCUT2D eigenvalue weighted by molar-refractivity contribution is 0.193. The Bertz CT molecular complexity index is 458. The van der Waals surface area contributed by atoms with Gasteiger partial charge in [0, 0.05) is 35.6 Å². The summed E-state index contributed by atoms with van der Waals surface area (Å²) in [5.74, 6) is 1.12. The van der Waals surface area contributed by atoms with E-state index in [1.807, 2.05) is 0 Å². The topological polar surface area (TPSA) is 24.5 Å². The van der Waals surface area contributed by atoms with E-state index in [0.717, 1.165) is 31.9 Å². The normalized spacial score (nSPS) is 22.4. The largest absolute Gasteiger partial charge is 0.493 e. The van der Waals surface area contributed by atoms with E-state index in [1.54, 1.807) is 0 Å². The third-order valence-electron chi connectivity index (χ3n) is 4.14. The van der Waals surface area contributed by atoms with Crippen LogP contribution >= 0.6 is 15.9 Å². The molecular formula is C15H21BrN2O. The summed E-state index contributed by atoms with van der Waals surface area (Å²) in [6.07, 6.45) is 3.61. The van der Waals surface area contributed by atoms with E-state index < -0.39 is 0 Å². The lowest BCUT2D eigenvalue weighted by Crippen LogP contribution is -2.43. The Morgan fingerprint density at radius 1 is 1.47 bits per heavy atom. The first kappa shape index (κ1) is 13.4. The molecule has 0 aromatic heterocycles. The number of nitrogens with one attached hydrogen (secondary N) is 1. The van der Waals surface area contributed by atoms with Crippen LogP contribution in [0.2, 0.25) is 0 Å². The van der Waals surface area contributed by atoms with Gasteiger partial charge in [0.15, 0.2) is 0 Å². The van der Waals surface area contributed by atoms with E-state index in [-0.39, 0.29) is 0 Å². The highest BCUT2D eigenvalue weighted by Crippen LogP contribution is 2.34. The monoisotopic (exact) mass is 324 g/mol. The van der Waals surface area contributed by atoms with Crippen LogP contribution in [0, 0.1) is 0 Å². The Kier molecular flexibility index (Phi) is 4.10. The number of nitrogens with zero attached hydrogens (tertiary/aromatic N) is 1. The molecule has 19 heavy (non-hydrogen) atoms. The zero-order chi connectivity index (χ0) is 13.2. The summed E-state index contributed by atoms with van der Waals surface area (Å²) in [6, 6.07) is 5.04. The molecule has 0 radical (unpaired) electrons. The highest BCUT2D eigenvalue weighted by molar-refractivity contribution is 9.10. The van der Waals surface area contributed by atoms with Gasteiger partial charge in [-0.3, -0.25) is 4.90 Å². The maximum Gasteiger partial charge on any atom is 0.127 e. The molecule has 2 heterocycles. The fourth-order valence-corrected chi connectivity index (χ4v) is 3.62. The number of ether oxygens (including phenoxy) is 1. The number of hydrogen-bond donors (Lipinski definition) is 1. The van der Waals surface area contributed by atoms with Crippen molar-refractivity contribution in [2.24, 2.45) is 0 Å². The van der Waals surface area contributed by atoms with Crippen LogP contribution in [-0.2, 0) is 13.0 Å². The molecule has 0 spiro atoms. The van der Waals surface area contributed by atoms with Crippen LogP contribution in [0.1, 0.15) is 24.0 Å². The molecule has 1 fully saturated rings. The van der Waals surface area contributed by atoms with Crippen LogP contribution in [-0.4, -0.2) is 37.7 Å². The second-order valence-corrected chi connectivity index (χ2v) is 6.48. The Morgan fingerprint density at radius 3 is 3.16 bits per heavy atom. The average molecular weight is 325 g/mol. The van der Waals surface area contributed by atoms with Crippen LogP contribution in [0.5, 0.6) is 5.75 Å². The van der Waals surface area contributed by atoms with Gasteiger partial charge in [-0.2, -0.15) is 0 Å². The number of fused-ring (bicyclic) bond motifs is 1. The van der Waals surface area contributed by atoms with Crippen molar-refractivity contribution in [1.82, 2.24) is 10.2 Å². The molecule has 2 aliphatic heterocycles. The zero-order valence-corrected chi connectivity index (χ0v) is 13.0. The average Bonchev–Trinajstić information content (AvgIpc) is 2.88. The summed E-state index contributed by atoms with van der Waals surface area (Å²) >= 11 is 3.62. The van der Waals surface area contributed by atoms with Crippen molar-refractivity contribution in [2.45, 2.75) is 31.8 Å². The standard InChI is InChI=1S/C15H21BrN2O/c1-18(14-3-2-5-17-9-14)10-12-8-13(16)7-11-4-6-19-15(11)12/h7-8,14,17H,2-6,9-10H2,1H3. The molecule has 0 saturated carbocycles. The molecule has 1 aromatic rings. The van der Waals surface area contributed by atoms with Crippen LogP contribution < -0.4 is 10.1 Å². The van der Waals surface area contributed by atoms with Gasteiger partial charge in [-0.15, -0.1) is 0 Å². The first-order chi connectivity index (χ1) is 9.24. The number of piperidine rings is 1. The second kappa shape index (κ2) is 5.81. The van der Waals surface area contributed by atoms with Gasteiger partial charge in [0.1, 0.15) is 5.75 Å². The predicted molar refractivity (Wildman–Crippen MR) is 80.7 cm³/mol. The Balaban J connectivity index is 1.75. The van der Waals surface area contributed by atoms with Gasteiger partial charge in [-0.25, -0.2) is 0 Å². The van der Waals surface area contributed by atoms with Gasteiger partial charge in [0.25, 0.3) is 0 Å². The highest BCUT2D eigenvalue weighted by atomic mass is 79.9. The van der Waals surface area contributed by atoms with Crippen molar-refractivity contribution < 1.29 is 4.74 Å². The second-order valence-electron chi connectivity index (χ2n) is 5.57. The fraction of sp³-hybridized carbons (Fsp3) is 0.600. The molecule has 1 aromatic carbocycles. The van der Waals surface area contributed by atoms with Crippen LogP contribution in [0.4, 0.5) is 0 Å². The first-order valence-corrected chi connectivity index (χ1v) is 7.88. The molecule has 0 bridgehead atoms. The van der Waals surface area contributed by atoms with E-state index in [1.165, 1.54) is 35.0 Å². The van der Waals surface area contributed by atoms with Crippen molar-refractivity contribution in [2.75, 3.05) is 26.7 Å². The maximum atomic E-state index is 5.81. The van der Waals surface area contributed by atoms with Crippen molar-refractivity contribution >= 4 is 15.9 Å². The fourth-order valence-electron chi connectivity index (χ4n) is 3.07. The van der Waals surface area contributed by atoms with Gasteiger partial charge in [0.05, 0.1) is 6.61 Å². The first-order valence-electron chi connectivity index (χ1n) is 7.09. The number of hydrogen-bond acceptors (Lipinski definition) is 3. The summed E-state index contributed by atoms with van der Waals surface area (Å²) < 4.78 is 6.98. The molecule has 1 unspecified atom stereocenters. The van der Waals surface area contributed by atoms with Gasteiger partial charge in [-0.1, -0.05) is 15.9 Å². The molecule has 3 nitrogen and oxygen atoms in total. The predicted octanol–water partition coefficient (Wildman–Crippen LogP) is 2.57. The molecule has 2 aliphatic rings. The Hall–Kier alpha value is -0.580. The molecule has 104 valence electrons. The van der Waals surface area contributed by atoms with Crippen LogP contribution in [0.25, 0.3) is 0 Å². The van der Waals surface area contributed by atoms with Crippen molar-refractivity contribution in [3.63, 3.8) is 0 Å². The summed E-state index contributed by atoms with van der Waals surface area (Å²) in [5.41, 5.74) is 2.66. The minimum absolute atomic E-state index is 0.643. The Labute approximate surface area is 123 Å². The highest BCUT2D eigenvalue weighted by Gasteiger charge is 2.22. The summed E-state index contributed by atoms with van der Waals surface area (Å²) in [7, 11) is 2.22. The molecule has 1 N–H and O–H groups in total. The summed E-state index contributed by atoms with van der Waals surface area (Å²) in [6.45, 7) is 4.06. The van der Waals surface area contributed by atoms with E-state index in [4.69, 9.17) is 4.74 Å².